The molecule has 2 amide bonds. The molecular weight excluding hydrogens is 420 g/mol. The van der Waals surface area contributed by atoms with Gasteiger partial charge in [-0.15, -0.1) is 0 Å². The lowest BCUT2D eigenvalue weighted by atomic mass is 9.91. The van der Waals surface area contributed by atoms with Gasteiger partial charge < -0.3 is 19.3 Å². The maximum absolute atomic E-state index is 12.8. The highest BCUT2D eigenvalue weighted by atomic mass is 16.5. The molecule has 33 heavy (non-hydrogen) atoms. The maximum atomic E-state index is 12.8. The average Bonchev–Trinajstić information content (AvgIpc) is 2.82. The summed E-state index contributed by atoms with van der Waals surface area (Å²) < 4.78 is 10.6. The highest BCUT2D eigenvalue weighted by molar-refractivity contribution is 5.92. The molecule has 2 aliphatic heterocycles. The Morgan fingerprint density at radius 3 is 2.24 bits per heavy atom. The van der Waals surface area contributed by atoms with Crippen LogP contribution in [0.2, 0.25) is 0 Å². The SMILES string of the molecule is COc1ccc(C=CC(=O)N2CCN(CC(=O)N3CCN(C4CCC4)CC3)CC2)c(OC)c1. The molecule has 3 fully saturated rings. The Bertz CT molecular complexity index is 854. The van der Waals surface area contributed by atoms with Crippen molar-refractivity contribution < 1.29 is 19.1 Å². The first-order chi connectivity index (χ1) is 16.1. The first kappa shape index (κ1) is 23.6. The van der Waals surface area contributed by atoms with Gasteiger partial charge in [0.05, 0.1) is 20.8 Å². The van der Waals surface area contributed by atoms with Crippen molar-refractivity contribution in [1.82, 2.24) is 19.6 Å². The van der Waals surface area contributed by atoms with E-state index in [1.165, 1.54) is 19.3 Å². The summed E-state index contributed by atoms with van der Waals surface area (Å²) in [6.07, 6.45) is 7.36. The van der Waals surface area contributed by atoms with E-state index in [1.54, 1.807) is 32.4 Å². The zero-order chi connectivity index (χ0) is 23.2. The third kappa shape index (κ3) is 5.86. The second-order valence-electron chi connectivity index (χ2n) is 9.04. The van der Waals surface area contributed by atoms with Crippen LogP contribution in [0.4, 0.5) is 0 Å². The number of methoxy groups -OCH3 is 2. The van der Waals surface area contributed by atoms with Gasteiger partial charge in [0.2, 0.25) is 11.8 Å². The monoisotopic (exact) mass is 456 g/mol. The number of amides is 2. The van der Waals surface area contributed by atoms with E-state index < -0.39 is 0 Å². The number of rotatable bonds is 7. The van der Waals surface area contributed by atoms with Crippen LogP contribution in [0.5, 0.6) is 11.5 Å². The van der Waals surface area contributed by atoms with E-state index in [0.29, 0.717) is 31.1 Å². The number of benzene rings is 1. The Kier molecular flexibility index (Phi) is 7.88. The van der Waals surface area contributed by atoms with E-state index in [1.807, 2.05) is 21.9 Å². The summed E-state index contributed by atoms with van der Waals surface area (Å²) in [5.41, 5.74) is 0.827. The number of hydrogen-bond acceptors (Lipinski definition) is 6. The topological polar surface area (TPSA) is 65.6 Å². The summed E-state index contributed by atoms with van der Waals surface area (Å²) >= 11 is 0. The molecule has 2 saturated heterocycles. The van der Waals surface area contributed by atoms with Crippen molar-refractivity contribution in [3.05, 3.63) is 29.8 Å². The van der Waals surface area contributed by atoms with Crippen molar-refractivity contribution in [3.8, 4) is 11.5 Å². The molecule has 0 aromatic heterocycles. The quantitative estimate of drug-likeness (QED) is 0.581. The van der Waals surface area contributed by atoms with Gasteiger partial charge in [-0.2, -0.15) is 0 Å². The van der Waals surface area contributed by atoms with Crippen LogP contribution in [0.3, 0.4) is 0 Å². The number of piperazine rings is 2. The second-order valence-corrected chi connectivity index (χ2v) is 9.04. The van der Waals surface area contributed by atoms with Gasteiger partial charge >= 0.3 is 0 Å². The van der Waals surface area contributed by atoms with Crippen molar-refractivity contribution in [3.63, 3.8) is 0 Å². The highest BCUT2D eigenvalue weighted by Crippen LogP contribution is 2.26. The van der Waals surface area contributed by atoms with Gasteiger partial charge in [-0.1, -0.05) is 6.42 Å². The lowest BCUT2D eigenvalue weighted by molar-refractivity contribution is -0.135. The molecule has 3 aliphatic rings. The first-order valence-electron chi connectivity index (χ1n) is 12.0. The average molecular weight is 457 g/mol. The van der Waals surface area contributed by atoms with Crippen molar-refractivity contribution in [2.24, 2.45) is 0 Å². The lowest BCUT2D eigenvalue weighted by Gasteiger charge is -2.43. The predicted octanol–water partition coefficient (Wildman–Crippen LogP) is 1.56. The zero-order valence-corrected chi connectivity index (χ0v) is 19.9. The molecule has 0 spiro atoms. The van der Waals surface area contributed by atoms with E-state index in [4.69, 9.17) is 9.47 Å². The van der Waals surface area contributed by atoms with Crippen LogP contribution in [0.15, 0.2) is 24.3 Å². The molecule has 0 radical (unpaired) electrons. The van der Waals surface area contributed by atoms with E-state index in [2.05, 4.69) is 9.80 Å². The summed E-state index contributed by atoms with van der Waals surface area (Å²) in [6, 6.07) is 6.27. The molecule has 8 heteroatoms. The third-order valence-electron chi connectivity index (χ3n) is 7.15. The molecule has 1 saturated carbocycles. The second kappa shape index (κ2) is 11.0. The summed E-state index contributed by atoms with van der Waals surface area (Å²) in [4.78, 5) is 34.0. The van der Waals surface area contributed by atoms with Gasteiger partial charge in [0.15, 0.2) is 0 Å². The molecule has 2 heterocycles. The highest BCUT2D eigenvalue weighted by Gasteiger charge is 2.30. The fourth-order valence-electron chi connectivity index (χ4n) is 4.73. The van der Waals surface area contributed by atoms with Crippen molar-refractivity contribution in [2.45, 2.75) is 25.3 Å². The van der Waals surface area contributed by atoms with Gasteiger partial charge in [-0.3, -0.25) is 19.4 Å². The van der Waals surface area contributed by atoms with Crippen LogP contribution in [-0.2, 0) is 9.59 Å². The standard InChI is InChI=1S/C25H36N4O4/c1-32-22-8-6-20(23(18-22)33-2)7-9-24(30)28-12-10-26(11-13-28)19-25(31)29-16-14-27(15-17-29)21-4-3-5-21/h6-9,18,21H,3-5,10-17,19H2,1-2H3. The van der Waals surface area contributed by atoms with E-state index >= 15 is 0 Å². The Hall–Kier alpha value is -2.58. The van der Waals surface area contributed by atoms with Crippen molar-refractivity contribution in [2.75, 3.05) is 73.1 Å². The third-order valence-corrected chi connectivity index (χ3v) is 7.15. The number of nitrogens with zero attached hydrogens (tertiary/aromatic N) is 4. The van der Waals surface area contributed by atoms with Gasteiger partial charge in [-0.05, 0) is 31.1 Å². The van der Waals surface area contributed by atoms with E-state index in [-0.39, 0.29) is 11.8 Å². The molecule has 180 valence electrons. The summed E-state index contributed by atoms with van der Waals surface area (Å²) in [6.45, 7) is 6.84. The zero-order valence-electron chi connectivity index (χ0n) is 19.9. The lowest BCUT2D eigenvalue weighted by Crippen LogP contribution is -2.56. The van der Waals surface area contributed by atoms with E-state index in [0.717, 1.165) is 50.9 Å². The molecule has 1 aromatic rings. The van der Waals surface area contributed by atoms with Crippen molar-refractivity contribution in [1.29, 1.82) is 0 Å². The van der Waals surface area contributed by atoms with Crippen LogP contribution in [0.1, 0.15) is 24.8 Å². The maximum Gasteiger partial charge on any atom is 0.246 e. The molecule has 0 unspecified atom stereocenters. The smallest absolute Gasteiger partial charge is 0.246 e. The number of hydrogen-bond donors (Lipinski definition) is 0. The van der Waals surface area contributed by atoms with Gasteiger partial charge in [-0.25, -0.2) is 0 Å². The molecular formula is C25H36N4O4. The largest absolute Gasteiger partial charge is 0.497 e. The molecule has 0 N–H and O–H groups in total. The Balaban J connectivity index is 1.20. The minimum absolute atomic E-state index is 0.0223. The Morgan fingerprint density at radius 2 is 1.64 bits per heavy atom. The summed E-state index contributed by atoms with van der Waals surface area (Å²) in [5, 5.41) is 0. The minimum atomic E-state index is -0.0223. The molecule has 0 atom stereocenters. The van der Waals surface area contributed by atoms with Gasteiger partial charge in [0.1, 0.15) is 11.5 Å². The van der Waals surface area contributed by atoms with Crippen LogP contribution < -0.4 is 9.47 Å². The Labute approximate surface area is 196 Å². The van der Waals surface area contributed by atoms with Crippen LogP contribution in [-0.4, -0.2) is 111 Å². The van der Waals surface area contributed by atoms with Crippen LogP contribution >= 0.6 is 0 Å². The molecule has 8 nitrogen and oxygen atoms in total. The predicted molar refractivity (Wildman–Crippen MR) is 127 cm³/mol. The summed E-state index contributed by atoms with van der Waals surface area (Å²) in [5.74, 6) is 1.57. The van der Waals surface area contributed by atoms with Crippen LogP contribution in [0, 0.1) is 0 Å². The molecule has 1 aliphatic carbocycles. The van der Waals surface area contributed by atoms with Crippen LogP contribution in [0.25, 0.3) is 6.08 Å². The molecule has 0 bridgehead atoms. The molecule has 1 aromatic carbocycles. The van der Waals surface area contributed by atoms with Crippen molar-refractivity contribution >= 4 is 17.9 Å². The van der Waals surface area contributed by atoms with Gasteiger partial charge in [0.25, 0.3) is 0 Å². The molecule has 4 rings (SSSR count). The normalized spacial score (nSPS) is 20.7. The fraction of sp³-hybridized carbons (Fsp3) is 0.600. The number of ether oxygens (including phenoxy) is 2. The minimum Gasteiger partial charge on any atom is -0.497 e. The number of carbonyl (C=O) groups excluding carboxylic acids is 2. The fourth-order valence-corrected chi connectivity index (χ4v) is 4.73. The van der Waals surface area contributed by atoms with E-state index in [9.17, 15) is 9.59 Å². The first-order valence-corrected chi connectivity index (χ1v) is 12.0. The summed E-state index contributed by atoms with van der Waals surface area (Å²) in [7, 11) is 3.21. The Morgan fingerprint density at radius 1 is 0.939 bits per heavy atom. The number of carbonyl (C=O) groups is 2. The van der Waals surface area contributed by atoms with Gasteiger partial charge in [0, 0.05) is 76.1 Å².